The first kappa shape index (κ1) is 12.6. The van der Waals surface area contributed by atoms with Crippen molar-refractivity contribution in [3.05, 3.63) is 29.3 Å². The van der Waals surface area contributed by atoms with Crippen molar-refractivity contribution in [2.75, 3.05) is 24.3 Å². The van der Waals surface area contributed by atoms with Crippen LogP contribution in [0.3, 0.4) is 0 Å². The minimum absolute atomic E-state index is 0.308. The van der Waals surface area contributed by atoms with Crippen LogP contribution in [0, 0.1) is 0 Å². The van der Waals surface area contributed by atoms with E-state index >= 15 is 0 Å². The molecule has 3 nitrogen and oxygen atoms in total. The van der Waals surface area contributed by atoms with Crippen molar-refractivity contribution in [2.24, 2.45) is 0 Å². The molecule has 0 aromatic heterocycles. The third-order valence-corrected chi connectivity index (χ3v) is 5.57. The van der Waals surface area contributed by atoms with Gasteiger partial charge in [0.15, 0.2) is 0 Å². The number of hydrogen-bond acceptors (Lipinski definition) is 5. The number of hydrogen-bond donors (Lipinski definition) is 1. The second-order valence-corrected chi connectivity index (χ2v) is 6.49. The molecule has 0 spiro atoms. The maximum Gasteiger partial charge on any atom is 0.337 e. The number of esters is 1. The molecule has 1 aromatic carbocycles. The Labute approximate surface area is 109 Å². The first-order valence-corrected chi connectivity index (χ1v) is 7.53. The summed E-state index contributed by atoms with van der Waals surface area (Å²) in [5, 5.41) is 0. The fourth-order valence-corrected chi connectivity index (χ4v) is 4.65. The normalized spacial score (nSPS) is 16.8. The summed E-state index contributed by atoms with van der Waals surface area (Å²) in [7, 11) is 1.39. The number of thioether (sulfide) groups is 2. The predicted molar refractivity (Wildman–Crippen MR) is 74.5 cm³/mol. The van der Waals surface area contributed by atoms with Crippen LogP contribution in [0.1, 0.15) is 26.9 Å². The van der Waals surface area contributed by atoms with Crippen LogP contribution < -0.4 is 5.73 Å². The van der Waals surface area contributed by atoms with Crippen molar-refractivity contribution < 1.29 is 9.53 Å². The van der Waals surface area contributed by atoms with Crippen LogP contribution in [-0.4, -0.2) is 24.6 Å². The molecule has 2 rings (SSSR count). The molecule has 0 bridgehead atoms. The fourth-order valence-electron chi connectivity index (χ4n) is 1.69. The third-order valence-electron chi connectivity index (χ3n) is 2.59. The molecule has 17 heavy (non-hydrogen) atoms. The Hall–Kier alpha value is -0.810. The van der Waals surface area contributed by atoms with Crippen LogP contribution in [0.2, 0.25) is 0 Å². The summed E-state index contributed by atoms with van der Waals surface area (Å²) in [6, 6.07) is 5.36. The predicted octanol–water partition coefficient (Wildman–Crippen LogP) is 2.92. The van der Waals surface area contributed by atoms with Crippen molar-refractivity contribution in [3.8, 4) is 0 Å². The van der Waals surface area contributed by atoms with Crippen molar-refractivity contribution in [1.29, 1.82) is 0 Å². The highest BCUT2D eigenvalue weighted by Gasteiger charge is 2.20. The number of carbonyl (C=O) groups excluding carboxylic acids is 1. The molecule has 92 valence electrons. The summed E-state index contributed by atoms with van der Waals surface area (Å²) in [6.45, 7) is 0. The molecule has 1 aliphatic rings. The molecule has 1 fully saturated rings. The van der Waals surface area contributed by atoms with Gasteiger partial charge >= 0.3 is 5.97 Å². The Morgan fingerprint density at radius 2 is 2.12 bits per heavy atom. The average Bonchev–Trinajstić information content (AvgIpc) is 2.39. The van der Waals surface area contributed by atoms with Gasteiger partial charge in [0.25, 0.3) is 0 Å². The monoisotopic (exact) mass is 269 g/mol. The van der Waals surface area contributed by atoms with E-state index in [4.69, 9.17) is 10.5 Å². The molecule has 1 aliphatic heterocycles. The zero-order valence-corrected chi connectivity index (χ0v) is 11.3. The lowest BCUT2D eigenvalue weighted by Crippen LogP contribution is -2.07. The zero-order chi connectivity index (χ0) is 12.3. The van der Waals surface area contributed by atoms with Gasteiger partial charge in [0.1, 0.15) is 0 Å². The van der Waals surface area contributed by atoms with Crippen molar-refractivity contribution in [2.45, 2.75) is 11.0 Å². The number of anilines is 1. The lowest BCUT2D eigenvalue weighted by atomic mass is 10.1. The number of ether oxygens (including phenoxy) is 1. The molecular weight excluding hydrogens is 254 g/mol. The Morgan fingerprint density at radius 1 is 1.41 bits per heavy atom. The molecule has 0 radical (unpaired) electrons. The molecule has 2 N–H and O–H groups in total. The first-order valence-electron chi connectivity index (χ1n) is 5.43. The summed E-state index contributed by atoms with van der Waals surface area (Å²) < 4.78 is 5.07. The van der Waals surface area contributed by atoms with Gasteiger partial charge < -0.3 is 10.5 Å². The van der Waals surface area contributed by atoms with E-state index in [9.17, 15) is 4.79 Å². The Kier molecular flexibility index (Phi) is 4.23. The number of methoxy groups -OCH3 is 1. The van der Waals surface area contributed by atoms with E-state index in [2.05, 4.69) is 0 Å². The molecule has 1 saturated heterocycles. The minimum Gasteiger partial charge on any atom is -0.465 e. The van der Waals surface area contributed by atoms with Gasteiger partial charge in [-0.05, 0) is 41.7 Å². The number of nitrogens with two attached hydrogens (primary N) is 1. The number of rotatable bonds is 2. The topological polar surface area (TPSA) is 52.3 Å². The smallest absolute Gasteiger partial charge is 0.337 e. The molecular formula is C12H15NO2S2. The summed E-state index contributed by atoms with van der Waals surface area (Å²) >= 11 is 3.78. The second-order valence-electron chi connectivity index (χ2n) is 3.76. The van der Waals surface area contributed by atoms with E-state index in [0.717, 1.165) is 22.8 Å². The lowest BCUT2D eigenvalue weighted by molar-refractivity contribution is 0.0600. The molecule has 5 heteroatoms. The Bertz CT molecular complexity index is 417. The third kappa shape index (κ3) is 2.90. The van der Waals surface area contributed by atoms with Gasteiger partial charge in [-0.25, -0.2) is 4.79 Å². The molecule has 0 saturated carbocycles. The first-order chi connectivity index (χ1) is 8.22. The minimum atomic E-state index is -0.308. The number of carbonyl (C=O) groups is 1. The van der Waals surface area contributed by atoms with Crippen LogP contribution in [0.4, 0.5) is 5.69 Å². The summed E-state index contributed by atoms with van der Waals surface area (Å²) in [4.78, 5) is 11.5. The highest BCUT2D eigenvalue weighted by Crippen LogP contribution is 2.45. The molecule has 0 amide bonds. The molecule has 1 aromatic rings. The van der Waals surface area contributed by atoms with Gasteiger partial charge in [-0.15, -0.1) is 23.5 Å². The van der Waals surface area contributed by atoms with Gasteiger partial charge in [-0.1, -0.05) is 0 Å². The van der Waals surface area contributed by atoms with Crippen LogP contribution in [0.25, 0.3) is 0 Å². The average molecular weight is 269 g/mol. The molecule has 0 aliphatic carbocycles. The summed E-state index contributed by atoms with van der Waals surface area (Å²) in [5.74, 6) is 2.00. The van der Waals surface area contributed by atoms with E-state index in [1.54, 1.807) is 12.1 Å². The van der Waals surface area contributed by atoms with Crippen molar-refractivity contribution in [3.63, 3.8) is 0 Å². The van der Waals surface area contributed by atoms with Crippen molar-refractivity contribution in [1.82, 2.24) is 0 Å². The SMILES string of the molecule is COC(=O)c1ccc(N)c(C2SCCCS2)c1. The van der Waals surface area contributed by atoms with Crippen molar-refractivity contribution >= 4 is 35.2 Å². The Morgan fingerprint density at radius 3 is 2.76 bits per heavy atom. The highest BCUT2D eigenvalue weighted by atomic mass is 32.2. The van der Waals surface area contributed by atoms with Gasteiger partial charge in [0.05, 0.1) is 17.3 Å². The quantitative estimate of drug-likeness (QED) is 0.661. The van der Waals surface area contributed by atoms with Gasteiger partial charge in [-0.2, -0.15) is 0 Å². The molecule has 1 heterocycles. The number of nitrogen functional groups attached to an aromatic ring is 1. The molecule has 0 atom stereocenters. The van der Waals surface area contributed by atoms with Crippen LogP contribution >= 0.6 is 23.5 Å². The summed E-state index contributed by atoms with van der Waals surface area (Å²) in [6.07, 6.45) is 1.24. The lowest BCUT2D eigenvalue weighted by Gasteiger charge is -2.22. The number of benzene rings is 1. The highest BCUT2D eigenvalue weighted by molar-refractivity contribution is 8.16. The van der Waals surface area contributed by atoms with E-state index in [1.807, 2.05) is 29.6 Å². The zero-order valence-electron chi connectivity index (χ0n) is 9.64. The van der Waals surface area contributed by atoms with Gasteiger partial charge in [0.2, 0.25) is 0 Å². The van der Waals surface area contributed by atoms with Crippen LogP contribution in [-0.2, 0) is 4.74 Å². The maximum atomic E-state index is 11.5. The largest absolute Gasteiger partial charge is 0.465 e. The fraction of sp³-hybridized carbons (Fsp3) is 0.417. The van der Waals surface area contributed by atoms with Crippen LogP contribution in [0.15, 0.2) is 18.2 Å². The maximum absolute atomic E-state index is 11.5. The summed E-state index contributed by atoms with van der Waals surface area (Å²) in [5.41, 5.74) is 8.35. The van der Waals surface area contributed by atoms with Gasteiger partial charge in [-0.3, -0.25) is 0 Å². The second kappa shape index (κ2) is 5.69. The van der Waals surface area contributed by atoms with E-state index < -0.39 is 0 Å². The standard InChI is InChI=1S/C12H15NO2S2/c1-15-11(14)8-3-4-10(13)9(7-8)12-16-5-2-6-17-12/h3-4,7,12H,2,5-6,13H2,1H3. The van der Waals surface area contributed by atoms with Crippen LogP contribution in [0.5, 0.6) is 0 Å². The Balaban J connectivity index is 2.28. The van der Waals surface area contributed by atoms with E-state index in [-0.39, 0.29) is 5.97 Å². The molecule has 0 unspecified atom stereocenters. The van der Waals surface area contributed by atoms with Gasteiger partial charge in [0, 0.05) is 5.69 Å². The van der Waals surface area contributed by atoms with E-state index in [1.165, 1.54) is 13.5 Å². The van der Waals surface area contributed by atoms with E-state index in [0.29, 0.717) is 10.1 Å².